The van der Waals surface area contributed by atoms with Crippen LogP contribution in [0.2, 0.25) is 5.02 Å². The summed E-state index contributed by atoms with van der Waals surface area (Å²) in [5.41, 5.74) is 2.94. The molecule has 0 radical (unpaired) electrons. The minimum absolute atomic E-state index is 0.0587. The van der Waals surface area contributed by atoms with E-state index in [-0.39, 0.29) is 28.9 Å². The van der Waals surface area contributed by atoms with Crippen molar-refractivity contribution in [3.63, 3.8) is 0 Å². The van der Waals surface area contributed by atoms with E-state index in [1.54, 1.807) is 42.0 Å². The third-order valence-electron chi connectivity index (χ3n) is 6.96. The average Bonchev–Trinajstić information content (AvgIpc) is 3.41. The maximum absolute atomic E-state index is 13.5. The Morgan fingerprint density at radius 1 is 1.12 bits per heavy atom. The van der Waals surface area contributed by atoms with E-state index in [0.717, 1.165) is 44.0 Å². The summed E-state index contributed by atoms with van der Waals surface area (Å²) in [4.78, 5) is 15.8. The Labute approximate surface area is 240 Å². The number of halogens is 1. The summed E-state index contributed by atoms with van der Waals surface area (Å²) in [5.74, 6) is -0.468. The largest absolute Gasteiger partial charge is 0.379 e. The van der Waals surface area contributed by atoms with Gasteiger partial charge in [0.25, 0.3) is 0 Å². The summed E-state index contributed by atoms with van der Waals surface area (Å²) in [6, 6.07) is 16.9. The highest BCUT2D eigenvalue weighted by Crippen LogP contribution is 2.26. The zero-order chi connectivity index (χ0) is 28.7. The fourth-order valence-corrected chi connectivity index (χ4v) is 6.95. The van der Waals surface area contributed by atoms with Crippen molar-refractivity contribution in [3.8, 4) is 6.07 Å². The minimum atomic E-state index is -4.13. The van der Waals surface area contributed by atoms with Crippen molar-refractivity contribution in [2.75, 3.05) is 26.3 Å². The van der Waals surface area contributed by atoms with Crippen LogP contribution in [-0.2, 0) is 32.6 Å². The van der Waals surface area contributed by atoms with E-state index in [4.69, 9.17) is 16.3 Å². The number of rotatable bonds is 11. The Morgan fingerprint density at radius 3 is 2.58 bits per heavy atom. The normalized spacial score (nSPS) is 15.8. The Kier molecular flexibility index (Phi) is 10.0. The van der Waals surface area contributed by atoms with E-state index in [2.05, 4.69) is 27.1 Å². The number of hydrogen-bond acceptors (Lipinski definition) is 6. The summed E-state index contributed by atoms with van der Waals surface area (Å²) in [5, 5.41) is 12.4. The standard InChI is InChI=1S/C29H34ClN5O4S/c1-21-6-3-10-26(30)28(21)40(37,38)33-27(16-22(2)35-11-5-9-25(35)18-31)29(36)32-19-23-7-4-8-24(17-23)20-34-12-14-39-15-13-34/h3-11,17,22,27,33H,12-16,19-20H2,1-2H3,(H,32,36). The number of nitriles is 1. The average molecular weight is 584 g/mol. The first-order valence-corrected chi connectivity index (χ1v) is 15.0. The van der Waals surface area contributed by atoms with Crippen LogP contribution in [0.5, 0.6) is 0 Å². The molecule has 3 aromatic rings. The van der Waals surface area contributed by atoms with Gasteiger partial charge in [-0.2, -0.15) is 9.98 Å². The molecule has 1 fully saturated rings. The molecule has 1 aliphatic heterocycles. The molecule has 2 aromatic carbocycles. The number of aryl methyl sites for hydroxylation is 1. The highest BCUT2D eigenvalue weighted by Gasteiger charge is 2.30. The molecule has 1 saturated heterocycles. The van der Waals surface area contributed by atoms with Crippen LogP contribution in [0.3, 0.4) is 0 Å². The van der Waals surface area contributed by atoms with E-state index >= 15 is 0 Å². The second-order valence-corrected chi connectivity index (χ2v) is 12.0. The molecule has 0 saturated carbocycles. The molecule has 40 heavy (non-hydrogen) atoms. The van der Waals surface area contributed by atoms with Crippen molar-refractivity contribution >= 4 is 27.5 Å². The minimum Gasteiger partial charge on any atom is -0.379 e. The van der Waals surface area contributed by atoms with Crippen molar-refractivity contribution < 1.29 is 17.9 Å². The zero-order valence-electron chi connectivity index (χ0n) is 22.6. The molecule has 11 heteroatoms. The lowest BCUT2D eigenvalue weighted by Gasteiger charge is -2.26. The van der Waals surface area contributed by atoms with Crippen molar-refractivity contribution in [1.29, 1.82) is 5.26 Å². The monoisotopic (exact) mass is 583 g/mol. The van der Waals surface area contributed by atoms with E-state index < -0.39 is 22.0 Å². The van der Waals surface area contributed by atoms with Crippen LogP contribution in [0.15, 0.2) is 65.7 Å². The predicted octanol–water partition coefficient (Wildman–Crippen LogP) is 3.77. The fraction of sp³-hybridized carbons (Fsp3) is 0.379. The molecule has 212 valence electrons. The number of nitrogens with zero attached hydrogens (tertiary/aromatic N) is 3. The molecule has 2 unspecified atom stereocenters. The Morgan fingerprint density at radius 2 is 1.85 bits per heavy atom. The molecule has 1 aromatic heterocycles. The molecule has 0 bridgehead atoms. The number of morpholine rings is 1. The first kappa shape index (κ1) is 29.8. The van der Waals surface area contributed by atoms with Crippen LogP contribution in [0.25, 0.3) is 0 Å². The van der Waals surface area contributed by atoms with Gasteiger partial charge in [-0.15, -0.1) is 0 Å². The number of ether oxygens (including phenoxy) is 1. The molecule has 2 atom stereocenters. The molecule has 2 heterocycles. The smallest absolute Gasteiger partial charge is 0.243 e. The van der Waals surface area contributed by atoms with Crippen LogP contribution in [0.1, 0.15) is 41.8 Å². The van der Waals surface area contributed by atoms with E-state index in [0.29, 0.717) is 11.3 Å². The summed E-state index contributed by atoms with van der Waals surface area (Å²) in [6.07, 6.45) is 1.86. The maximum atomic E-state index is 13.5. The van der Waals surface area contributed by atoms with Crippen LogP contribution >= 0.6 is 11.6 Å². The van der Waals surface area contributed by atoms with Gasteiger partial charge in [-0.05, 0) is 55.2 Å². The topological polar surface area (TPSA) is 116 Å². The second-order valence-electron chi connectivity index (χ2n) is 9.98. The number of hydrogen-bond donors (Lipinski definition) is 2. The van der Waals surface area contributed by atoms with Gasteiger partial charge >= 0.3 is 0 Å². The molecule has 2 N–H and O–H groups in total. The number of carbonyl (C=O) groups excluding carboxylic acids is 1. The maximum Gasteiger partial charge on any atom is 0.243 e. The van der Waals surface area contributed by atoms with Gasteiger partial charge in [-0.25, -0.2) is 8.42 Å². The first-order valence-electron chi connectivity index (χ1n) is 13.2. The van der Waals surface area contributed by atoms with Crippen molar-refractivity contribution in [1.82, 2.24) is 19.5 Å². The number of aromatic nitrogens is 1. The Hall–Kier alpha value is -3.20. The van der Waals surface area contributed by atoms with Crippen LogP contribution in [-0.4, -0.2) is 56.1 Å². The highest BCUT2D eigenvalue weighted by molar-refractivity contribution is 7.89. The van der Waals surface area contributed by atoms with E-state index in [1.165, 1.54) is 6.07 Å². The van der Waals surface area contributed by atoms with Gasteiger partial charge < -0.3 is 14.6 Å². The fourth-order valence-electron chi connectivity index (χ4n) is 4.91. The van der Waals surface area contributed by atoms with Crippen molar-refractivity contribution in [3.05, 3.63) is 88.2 Å². The van der Waals surface area contributed by atoms with Gasteiger partial charge in [-0.3, -0.25) is 9.69 Å². The third kappa shape index (κ3) is 7.50. The van der Waals surface area contributed by atoms with Gasteiger partial charge in [0.05, 0.1) is 18.2 Å². The third-order valence-corrected chi connectivity index (χ3v) is 9.06. The van der Waals surface area contributed by atoms with Gasteiger partial charge in [0.15, 0.2) is 0 Å². The molecule has 1 aliphatic rings. The molecule has 4 rings (SSSR count). The van der Waals surface area contributed by atoms with Gasteiger partial charge in [0.1, 0.15) is 22.7 Å². The number of carbonyl (C=O) groups is 1. The number of nitrogens with one attached hydrogen (secondary N) is 2. The molecule has 9 nitrogen and oxygen atoms in total. The van der Waals surface area contributed by atoms with E-state index in [9.17, 15) is 18.5 Å². The molecule has 0 spiro atoms. The molecular weight excluding hydrogens is 550 g/mol. The first-order chi connectivity index (χ1) is 19.2. The molecule has 1 amide bonds. The van der Waals surface area contributed by atoms with E-state index in [1.807, 2.05) is 25.1 Å². The zero-order valence-corrected chi connectivity index (χ0v) is 24.2. The lowest BCUT2D eigenvalue weighted by molar-refractivity contribution is -0.123. The summed E-state index contributed by atoms with van der Waals surface area (Å²) >= 11 is 6.26. The number of sulfonamides is 1. The Bertz CT molecular complexity index is 1460. The summed E-state index contributed by atoms with van der Waals surface area (Å²) < 4.78 is 36.6. The lowest BCUT2D eigenvalue weighted by Crippen LogP contribution is -2.47. The second kappa shape index (κ2) is 13.4. The summed E-state index contributed by atoms with van der Waals surface area (Å²) in [6.45, 7) is 7.71. The Balaban J connectivity index is 1.51. The highest BCUT2D eigenvalue weighted by atomic mass is 35.5. The SMILES string of the molecule is Cc1cccc(Cl)c1S(=O)(=O)NC(CC(C)n1cccc1C#N)C(=O)NCc1cccc(CN2CCOCC2)c1. The van der Waals surface area contributed by atoms with Crippen LogP contribution in [0, 0.1) is 18.3 Å². The predicted molar refractivity (Wildman–Crippen MR) is 153 cm³/mol. The van der Waals surface area contributed by atoms with Crippen LogP contribution in [0.4, 0.5) is 0 Å². The quantitative estimate of drug-likeness (QED) is 0.355. The van der Waals surface area contributed by atoms with Crippen molar-refractivity contribution in [2.24, 2.45) is 0 Å². The van der Waals surface area contributed by atoms with Crippen LogP contribution < -0.4 is 10.0 Å². The number of benzene rings is 2. The number of amides is 1. The van der Waals surface area contributed by atoms with Gasteiger partial charge in [0, 0.05) is 38.4 Å². The summed E-state index contributed by atoms with van der Waals surface area (Å²) in [7, 11) is -4.13. The van der Waals surface area contributed by atoms with Gasteiger partial charge in [-0.1, -0.05) is 48.0 Å². The lowest BCUT2D eigenvalue weighted by atomic mass is 10.1. The molecule has 0 aliphatic carbocycles. The molecular formula is C29H34ClN5O4S. The van der Waals surface area contributed by atoms with Crippen molar-refractivity contribution in [2.45, 2.75) is 50.3 Å². The van der Waals surface area contributed by atoms with Gasteiger partial charge in [0.2, 0.25) is 15.9 Å².